The third-order valence-corrected chi connectivity index (χ3v) is 3.26. The summed E-state index contributed by atoms with van der Waals surface area (Å²) in [5.74, 6) is 0.544. The number of benzene rings is 1. The van der Waals surface area contributed by atoms with Crippen molar-refractivity contribution in [2.24, 2.45) is 0 Å². The highest BCUT2D eigenvalue weighted by molar-refractivity contribution is 5.85. The van der Waals surface area contributed by atoms with Gasteiger partial charge in [0.2, 0.25) is 0 Å². The highest BCUT2D eigenvalue weighted by atomic mass is 16.5. The van der Waals surface area contributed by atoms with Crippen molar-refractivity contribution in [3.05, 3.63) is 23.8 Å². The van der Waals surface area contributed by atoms with E-state index in [1.54, 1.807) is 12.1 Å². The Balaban J connectivity index is 2.34. The number of ether oxygens (including phenoxy) is 2. The van der Waals surface area contributed by atoms with E-state index in [-0.39, 0.29) is 0 Å². The van der Waals surface area contributed by atoms with Gasteiger partial charge in [0, 0.05) is 0 Å². The van der Waals surface area contributed by atoms with Crippen LogP contribution in [0, 0.1) is 0 Å². The van der Waals surface area contributed by atoms with E-state index in [9.17, 15) is 9.90 Å². The fourth-order valence-electron chi connectivity index (χ4n) is 2.10. The van der Waals surface area contributed by atoms with Crippen LogP contribution in [0.15, 0.2) is 18.2 Å². The maximum Gasteiger partial charge on any atom is 0.314 e. The van der Waals surface area contributed by atoms with E-state index in [1.807, 2.05) is 19.9 Å². The van der Waals surface area contributed by atoms with Gasteiger partial charge in [-0.3, -0.25) is 4.79 Å². The third-order valence-electron chi connectivity index (χ3n) is 3.26. The first-order valence-corrected chi connectivity index (χ1v) is 6.27. The van der Waals surface area contributed by atoms with E-state index in [2.05, 4.69) is 0 Å². The van der Waals surface area contributed by atoms with Crippen LogP contribution in [0.2, 0.25) is 0 Å². The molecule has 1 aliphatic carbocycles. The first-order valence-electron chi connectivity index (χ1n) is 6.27. The molecule has 4 nitrogen and oxygen atoms in total. The number of carboxylic acid groups (broad SMARTS) is 1. The molecule has 4 heteroatoms. The Morgan fingerprint density at radius 1 is 1.22 bits per heavy atom. The van der Waals surface area contributed by atoms with Crippen LogP contribution < -0.4 is 9.47 Å². The van der Waals surface area contributed by atoms with Crippen LogP contribution in [0.25, 0.3) is 0 Å². The fourth-order valence-corrected chi connectivity index (χ4v) is 2.10. The molecule has 1 aromatic rings. The van der Waals surface area contributed by atoms with Crippen molar-refractivity contribution < 1.29 is 19.4 Å². The molecule has 1 N–H and O–H groups in total. The zero-order chi connectivity index (χ0) is 13.2. The second-order valence-electron chi connectivity index (χ2n) is 4.41. The molecule has 0 atom stereocenters. The molecule has 0 aromatic heterocycles. The fraction of sp³-hybridized carbons (Fsp3) is 0.500. The summed E-state index contributed by atoms with van der Waals surface area (Å²) in [5, 5.41) is 9.28. The molecule has 1 aliphatic rings. The molecule has 0 saturated heterocycles. The van der Waals surface area contributed by atoms with E-state index in [0.29, 0.717) is 37.6 Å². The summed E-state index contributed by atoms with van der Waals surface area (Å²) >= 11 is 0. The zero-order valence-electron chi connectivity index (χ0n) is 10.7. The van der Waals surface area contributed by atoms with Crippen molar-refractivity contribution in [3.63, 3.8) is 0 Å². The predicted octanol–water partition coefficient (Wildman–Crippen LogP) is 2.60. The first kappa shape index (κ1) is 12.7. The van der Waals surface area contributed by atoms with Crippen LogP contribution in [-0.4, -0.2) is 24.3 Å². The Kier molecular flexibility index (Phi) is 3.45. The number of carbonyl (C=O) groups is 1. The van der Waals surface area contributed by atoms with Crippen LogP contribution >= 0.6 is 0 Å². The molecule has 0 aliphatic heterocycles. The molecular weight excluding hydrogens is 232 g/mol. The quantitative estimate of drug-likeness (QED) is 0.843. The normalized spacial score (nSPS) is 16.1. The van der Waals surface area contributed by atoms with Crippen molar-refractivity contribution in [1.29, 1.82) is 0 Å². The molecule has 0 heterocycles. The Hall–Kier alpha value is -1.71. The largest absolute Gasteiger partial charge is 0.490 e. The minimum atomic E-state index is -0.755. The Labute approximate surface area is 107 Å². The summed E-state index contributed by atoms with van der Waals surface area (Å²) < 4.78 is 11.0. The number of hydrogen-bond acceptors (Lipinski definition) is 3. The van der Waals surface area contributed by atoms with Gasteiger partial charge in [0.25, 0.3) is 0 Å². The van der Waals surface area contributed by atoms with E-state index >= 15 is 0 Å². The van der Waals surface area contributed by atoms with E-state index in [4.69, 9.17) is 9.47 Å². The monoisotopic (exact) mass is 250 g/mol. The Bertz CT molecular complexity index is 449. The maximum atomic E-state index is 11.3. The lowest BCUT2D eigenvalue weighted by Gasteiger charge is -2.15. The Morgan fingerprint density at radius 2 is 1.83 bits per heavy atom. The van der Waals surface area contributed by atoms with Crippen LogP contribution in [0.3, 0.4) is 0 Å². The van der Waals surface area contributed by atoms with Gasteiger partial charge in [-0.2, -0.15) is 0 Å². The molecule has 0 spiro atoms. The predicted molar refractivity (Wildman–Crippen MR) is 67.3 cm³/mol. The average Bonchev–Trinajstić information content (AvgIpc) is 3.13. The number of carboxylic acids is 1. The number of rotatable bonds is 6. The molecule has 0 unspecified atom stereocenters. The molecule has 0 bridgehead atoms. The van der Waals surface area contributed by atoms with Gasteiger partial charge in [0.15, 0.2) is 11.5 Å². The molecule has 0 radical (unpaired) electrons. The number of hydrogen-bond donors (Lipinski definition) is 1. The lowest BCUT2D eigenvalue weighted by atomic mass is 9.96. The lowest BCUT2D eigenvalue weighted by molar-refractivity contribution is -0.140. The van der Waals surface area contributed by atoms with E-state index in [1.165, 1.54) is 0 Å². The third kappa shape index (κ3) is 2.15. The van der Waals surface area contributed by atoms with Crippen molar-refractivity contribution >= 4 is 5.97 Å². The SMILES string of the molecule is CCOc1ccc(C2(C(=O)O)CC2)cc1OCC. The summed E-state index contributed by atoms with van der Waals surface area (Å²) in [6.07, 6.45) is 1.39. The van der Waals surface area contributed by atoms with Gasteiger partial charge in [0.05, 0.1) is 18.6 Å². The van der Waals surface area contributed by atoms with Gasteiger partial charge >= 0.3 is 5.97 Å². The summed E-state index contributed by atoms with van der Waals surface area (Å²) in [5.41, 5.74) is 0.109. The van der Waals surface area contributed by atoms with Gasteiger partial charge in [0.1, 0.15) is 0 Å². The standard InChI is InChI=1S/C14H18O4/c1-3-17-11-6-5-10(9-12(11)18-4-2)14(7-8-14)13(15)16/h5-6,9H,3-4,7-8H2,1-2H3,(H,15,16). The van der Waals surface area contributed by atoms with Crippen molar-refractivity contribution in [1.82, 2.24) is 0 Å². The second-order valence-corrected chi connectivity index (χ2v) is 4.41. The lowest BCUT2D eigenvalue weighted by Crippen LogP contribution is -2.19. The molecule has 18 heavy (non-hydrogen) atoms. The van der Waals surface area contributed by atoms with Crippen LogP contribution in [0.1, 0.15) is 32.3 Å². The van der Waals surface area contributed by atoms with Gasteiger partial charge in [-0.05, 0) is 44.4 Å². The topological polar surface area (TPSA) is 55.8 Å². The van der Waals surface area contributed by atoms with Crippen molar-refractivity contribution in [2.45, 2.75) is 32.1 Å². The summed E-state index contributed by atoms with van der Waals surface area (Å²) in [6.45, 7) is 4.89. The van der Waals surface area contributed by atoms with Gasteiger partial charge < -0.3 is 14.6 Å². The molecule has 98 valence electrons. The van der Waals surface area contributed by atoms with E-state index < -0.39 is 11.4 Å². The van der Waals surface area contributed by atoms with Crippen LogP contribution in [0.4, 0.5) is 0 Å². The minimum absolute atomic E-state index is 0.531. The second kappa shape index (κ2) is 4.88. The average molecular weight is 250 g/mol. The number of aliphatic carboxylic acids is 1. The van der Waals surface area contributed by atoms with Crippen molar-refractivity contribution in [3.8, 4) is 11.5 Å². The first-order chi connectivity index (χ1) is 8.64. The summed E-state index contributed by atoms with van der Waals surface area (Å²) in [6, 6.07) is 5.43. The van der Waals surface area contributed by atoms with E-state index in [0.717, 1.165) is 5.56 Å². The highest BCUT2D eigenvalue weighted by Gasteiger charge is 2.52. The van der Waals surface area contributed by atoms with Gasteiger partial charge in [-0.15, -0.1) is 0 Å². The molecule has 1 saturated carbocycles. The van der Waals surface area contributed by atoms with Crippen LogP contribution in [-0.2, 0) is 10.2 Å². The maximum absolute atomic E-state index is 11.3. The van der Waals surface area contributed by atoms with Crippen LogP contribution in [0.5, 0.6) is 11.5 Å². The van der Waals surface area contributed by atoms with Gasteiger partial charge in [-0.25, -0.2) is 0 Å². The molecule has 0 amide bonds. The Morgan fingerprint density at radius 3 is 2.33 bits per heavy atom. The smallest absolute Gasteiger partial charge is 0.314 e. The summed E-state index contributed by atoms with van der Waals surface area (Å²) in [7, 11) is 0. The molecule has 2 rings (SSSR count). The van der Waals surface area contributed by atoms with Gasteiger partial charge in [-0.1, -0.05) is 6.07 Å². The molecule has 1 aromatic carbocycles. The highest BCUT2D eigenvalue weighted by Crippen LogP contribution is 2.50. The zero-order valence-corrected chi connectivity index (χ0v) is 10.7. The summed E-state index contributed by atoms with van der Waals surface area (Å²) in [4.78, 5) is 11.3. The molecular formula is C14H18O4. The minimum Gasteiger partial charge on any atom is -0.490 e. The molecule has 1 fully saturated rings. The van der Waals surface area contributed by atoms with Crippen molar-refractivity contribution in [2.75, 3.05) is 13.2 Å².